The molecule has 0 aliphatic rings. The maximum absolute atomic E-state index is 2.21. The van der Waals surface area contributed by atoms with Gasteiger partial charge in [0.1, 0.15) is 0 Å². The van der Waals surface area contributed by atoms with Crippen LogP contribution in [0.25, 0.3) is 0 Å². The average molecular weight is 171 g/mol. The highest BCUT2D eigenvalue weighted by molar-refractivity contribution is 5.85. The molecule has 0 bridgehead atoms. The number of hydrogen-bond donors (Lipinski definition) is 0. The molecule has 1 aromatic rings. The van der Waals surface area contributed by atoms with Crippen molar-refractivity contribution in [2.24, 2.45) is 0 Å². The molecule has 0 aliphatic carbocycles. The number of benzene rings is 1. The Kier molecular flexibility index (Phi) is 4.97. The van der Waals surface area contributed by atoms with Gasteiger partial charge < -0.3 is 0 Å². The minimum atomic E-state index is 0. The Morgan fingerprint density at radius 1 is 1.09 bits per heavy atom. The van der Waals surface area contributed by atoms with Crippen LogP contribution in [0.15, 0.2) is 24.3 Å². The van der Waals surface area contributed by atoms with Crippen LogP contribution in [-0.4, -0.2) is 0 Å². The summed E-state index contributed by atoms with van der Waals surface area (Å²) in [5.41, 5.74) is 2.80. The second-order valence-electron chi connectivity index (χ2n) is 2.74. The monoisotopic (exact) mass is 170 g/mol. The van der Waals surface area contributed by atoms with E-state index in [-0.39, 0.29) is 12.4 Å². The fourth-order valence-electron chi connectivity index (χ4n) is 1.04. The minimum absolute atomic E-state index is 0. The SMILES string of the molecule is CCCc1ccc(C)cc1.Cl. The third-order valence-electron chi connectivity index (χ3n) is 1.66. The number of halogens is 1. The van der Waals surface area contributed by atoms with Gasteiger partial charge in [0.15, 0.2) is 0 Å². The van der Waals surface area contributed by atoms with Crippen LogP contribution in [0.4, 0.5) is 0 Å². The molecule has 0 atom stereocenters. The van der Waals surface area contributed by atoms with Gasteiger partial charge in [0.25, 0.3) is 0 Å². The molecule has 0 aromatic heterocycles. The molecular weight excluding hydrogens is 156 g/mol. The average Bonchev–Trinajstić information content (AvgIpc) is 1.95. The zero-order valence-electron chi connectivity index (χ0n) is 7.13. The molecule has 0 saturated heterocycles. The van der Waals surface area contributed by atoms with Gasteiger partial charge in [0.2, 0.25) is 0 Å². The van der Waals surface area contributed by atoms with E-state index < -0.39 is 0 Å². The summed E-state index contributed by atoms with van der Waals surface area (Å²) >= 11 is 0. The van der Waals surface area contributed by atoms with Crippen LogP contribution in [0.5, 0.6) is 0 Å². The number of rotatable bonds is 2. The van der Waals surface area contributed by atoms with Crippen molar-refractivity contribution in [1.29, 1.82) is 0 Å². The Morgan fingerprint density at radius 3 is 2.09 bits per heavy atom. The molecule has 0 saturated carbocycles. The van der Waals surface area contributed by atoms with Gasteiger partial charge in [-0.15, -0.1) is 12.4 Å². The third-order valence-corrected chi connectivity index (χ3v) is 1.66. The molecule has 0 fully saturated rings. The molecule has 0 radical (unpaired) electrons. The molecule has 0 unspecified atom stereocenters. The Labute approximate surface area is 75.0 Å². The van der Waals surface area contributed by atoms with Crippen molar-refractivity contribution in [3.8, 4) is 0 Å². The van der Waals surface area contributed by atoms with Crippen molar-refractivity contribution in [2.45, 2.75) is 26.7 Å². The van der Waals surface area contributed by atoms with Gasteiger partial charge in [0, 0.05) is 0 Å². The van der Waals surface area contributed by atoms with Crippen molar-refractivity contribution in [3.05, 3.63) is 35.4 Å². The van der Waals surface area contributed by atoms with Gasteiger partial charge in [-0.25, -0.2) is 0 Å². The van der Waals surface area contributed by atoms with E-state index in [0.29, 0.717) is 0 Å². The largest absolute Gasteiger partial charge is 0.147 e. The first-order valence-electron chi connectivity index (χ1n) is 3.88. The van der Waals surface area contributed by atoms with Crippen LogP contribution >= 0.6 is 12.4 Å². The zero-order chi connectivity index (χ0) is 7.40. The van der Waals surface area contributed by atoms with E-state index in [0.717, 1.165) is 0 Å². The lowest BCUT2D eigenvalue weighted by Gasteiger charge is -1.97. The molecule has 0 N–H and O–H groups in total. The van der Waals surface area contributed by atoms with Crippen LogP contribution in [0, 0.1) is 6.92 Å². The van der Waals surface area contributed by atoms with E-state index in [9.17, 15) is 0 Å². The summed E-state index contributed by atoms with van der Waals surface area (Å²) in [4.78, 5) is 0. The summed E-state index contributed by atoms with van der Waals surface area (Å²) in [7, 11) is 0. The van der Waals surface area contributed by atoms with Crippen molar-refractivity contribution >= 4 is 12.4 Å². The van der Waals surface area contributed by atoms with Gasteiger partial charge in [0.05, 0.1) is 0 Å². The Balaban J connectivity index is 0.000001000. The van der Waals surface area contributed by atoms with Crippen molar-refractivity contribution in [2.75, 3.05) is 0 Å². The Bertz CT molecular complexity index is 189. The predicted molar refractivity (Wildman–Crippen MR) is 52.4 cm³/mol. The lowest BCUT2D eigenvalue weighted by molar-refractivity contribution is 0.921. The topological polar surface area (TPSA) is 0 Å². The van der Waals surface area contributed by atoms with E-state index in [1.54, 1.807) is 0 Å². The summed E-state index contributed by atoms with van der Waals surface area (Å²) in [5, 5.41) is 0. The van der Waals surface area contributed by atoms with Crippen LogP contribution in [0.3, 0.4) is 0 Å². The maximum Gasteiger partial charge on any atom is -0.0281 e. The van der Waals surface area contributed by atoms with E-state index >= 15 is 0 Å². The molecular formula is C10H15Cl. The molecule has 62 valence electrons. The Morgan fingerprint density at radius 2 is 1.64 bits per heavy atom. The summed E-state index contributed by atoms with van der Waals surface area (Å²) in [5.74, 6) is 0. The van der Waals surface area contributed by atoms with Crippen LogP contribution in [0.2, 0.25) is 0 Å². The summed E-state index contributed by atoms with van der Waals surface area (Å²) in [6.45, 7) is 4.33. The smallest absolute Gasteiger partial charge is 0.0281 e. The molecule has 11 heavy (non-hydrogen) atoms. The lowest BCUT2D eigenvalue weighted by Crippen LogP contribution is -1.81. The maximum atomic E-state index is 2.21. The van der Waals surface area contributed by atoms with Gasteiger partial charge in [-0.1, -0.05) is 43.2 Å². The second kappa shape index (κ2) is 5.20. The van der Waals surface area contributed by atoms with Crippen LogP contribution in [-0.2, 0) is 6.42 Å². The predicted octanol–water partition coefficient (Wildman–Crippen LogP) is 3.37. The van der Waals surface area contributed by atoms with Crippen LogP contribution in [0.1, 0.15) is 24.5 Å². The minimum Gasteiger partial charge on any atom is -0.147 e. The molecule has 1 heteroatoms. The van der Waals surface area contributed by atoms with E-state index in [1.165, 1.54) is 24.0 Å². The molecule has 0 heterocycles. The Hall–Kier alpha value is -0.490. The van der Waals surface area contributed by atoms with Crippen molar-refractivity contribution in [3.63, 3.8) is 0 Å². The second-order valence-corrected chi connectivity index (χ2v) is 2.74. The highest BCUT2D eigenvalue weighted by Crippen LogP contribution is 2.04. The summed E-state index contributed by atoms with van der Waals surface area (Å²) in [6.07, 6.45) is 2.45. The molecule has 0 spiro atoms. The summed E-state index contributed by atoms with van der Waals surface area (Å²) < 4.78 is 0. The highest BCUT2D eigenvalue weighted by atomic mass is 35.5. The molecule has 1 rings (SSSR count). The standard InChI is InChI=1S/C10H14.ClH/c1-3-4-10-7-5-9(2)6-8-10;/h5-8H,3-4H2,1-2H3;1H. The van der Waals surface area contributed by atoms with Crippen LogP contribution < -0.4 is 0 Å². The number of hydrogen-bond acceptors (Lipinski definition) is 0. The van der Waals surface area contributed by atoms with Gasteiger partial charge in [-0.3, -0.25) is 0 Å². The summed E-state index contributed by atoms with van der Waals surface area (Å²) in [6, 6.07) is 8.76. The first-order valence-corrected chi connectivity index (χ1v) is 3.88. The van der Waals surface area contributed by atoms with Crippen molar-refractivity contribution in [1.82, 2.24) is 0 Å². The molecule has 1 aromatic carbocycles. The first kappa shape index (κ1) is 10.5. The van der Waals surface area contributed by atoms with Gasteiger partial charge >= 0.3 is 0 Å². The zero-order valence-corrected chi connectivity index (χ0v) is 7.95. The fraction of sp³-hybridized carbons (Fsp3) is 0.400. The quantitative estimate of drug-likeness (QED) is 0.639. The third kappa shape index (κ3) is 3.43. The molecule has 0 amide bonds. The highest BCUT2D eigenvalue weighted by Gasteiger charge is 1.87. The molecule has 0 aliphatic heterocycles. The first-order chi connectivity index (χ1) is 4.83. The molecule has 0 nitrogen and oxygen atoms in total. The lowest BCUT2D eigenvalue weighted by atomic mass is 10.1. The van der Waals surface area contributed by atoms with E-state index in [1.807, 2.05) is 0 Å². The van der Waals surface area contributed by atoms with Crippen molar-refractivity contribution < 1.29 is 0 Å². The normalized spacial score (nSPS) is 8.91. The van der Waals surface area contributed by atoms with E-state index in [4.69, 9.17) is 0 Å². The number of aryl methyl sites for hydroxylation is 2. The van der Waals surface area contributed by atoms with Gasteiger partial charge in [-0.05, 0) is 18.9 Å². The van der Waals surface area contributed by atoms with E-state index in [2.05, 4.69) is 38.1 Å². The fourth-order valence-corrected chi connectivity index (χ4v) is 1.04. The van der Waals surface area contributed by atoms with Gasteiger partial charge in [-0.2, -0.15) is 0 Å².